The third kappa shape index (κ3) is 2.84. The van der Waals surface area contributed by atoms with Gasteiger partial charge in [-0.3, -0.25) is 4.90 Å². The van der Waals surface area contributed by atoms with Crippen molar-refractivity contribution in [2.24, 2.45) is 5.92 Å². The van der Waals surface area contributed by atoms with E-state index in [9.17, 15) is 5.11 Å². The SMILES string of the molecule is CCc1noc(CN2CCCC(C)C2CO)n1. The highest BCUT2D eigenvalue weighted by molar-refractivity contribution is 4.89. The monoisotopic (exact) mass is 239 g/mol. The van der Waals surface area contributed by atoms with E-state index in [4.69, 9.17) is 4.52 Å². The van der Waals surface area contributed by atoms with Crippen molar-refractivity contribution in [3.8, 4) is 0 Å². The molecule has 5 heteroatoms. The highest BCUT2D eigenvalue weighted by Gasteiger charge is 2.28. The molecule has 2 heterocycles. The van der Waals surface area contributed by atoms with Crippen LogP contribution in [0.15, 0.2) is 4.52 Å². The summed E-state index contributed by atoms with van der Waals surface area (Å²) < 4.78 is 5.20. The number of aryl methyl sites for hydroxylation is 1. The smallest absolute Gasteiger partial charge is 0.240 e. The van der Waals surface area contributed by atoms with Crippen molar-refractivity contribution < 1.29 is 9.63 Å². The lowest BCUT2D eigenvalue weighted by Crippen LogP contribution is -2.46. The van der Waals surface area contributed by atoms with Crippen LogP contribution in [0.1, 0.15) is 38.4 Å². The van der Waals surface area contributed by atoms with E-state index in [1.165, 1.54) is 12.8 Å². The fourth-order valence-electron chi connectivity index (χ4n) is 2.50. The van der Waals surface area contributed by atoms with Gasteiger partial charge >= 0.3 is 0 Å². The number of nitrogens with zero attached hydrogens (tertiary/aromatic N) is 3. The summed E-state index contributed by atoms with van der Waals surface area (Å²) in [7, 11) is 0. The Kier molecular flexibility index (Phi) is 4.12. The first-order valence-corrected chi connectivity index (χ1v) is 6.41. The van der Waals surface area contributed by atoms with Gasteiger partial charge in [0.15, 0.2) is 5.82 Å². The minimum atomic E-state index is 0.204. The van der Waals surface area contributed by atoms with Crippen molar-refractivity contribution in [3.63, 3.8) is 0 Å². The van der Waals surface area contributed by atoms with Gasteiger partial charge in [0.05, 0.1) is 13.2 Å². The van der Waals surface area contributed by atoms with Gasteiger partial charge in [0.25, 0.3) is 0 Å². The number of aliphatic hydroxyl groups excluding tert-OH is 1. The molecule has 0 amide bonds. The summed E-state index contributed by atoms with van der Waals surface area (Å²) in [4.78, 5) is 6.57. The van der Waals surface area contributed by atoms with E-state index in [-0.39, 0.29) is 12.6 Å². The Bertz CT molecular complexity index is 353. The van der Waals surface area contributed by atoms with Gasteiger partial charge in [-0.1, -0.05) is 19.0 Å². The predicted octanol–water partition coefficient (Wildman–Crippen LogP) is 1.22. The third-order valence-electron chi connectivity index (χ3n) is 3.58. The predicted molar refractivity (Wildman–Crippen MR) is 63.4 cm³/mol. The van der Waals surface area contributed by atoms with Crippen LogP contribution in [0, 0.1) is 5.92 Å². The molecule has 1 saturated heterocycles. The standard InChI is InChI=1S/C12H21N3O2/c1-3-11-13-12(17-14-11)7-15-6-4-5-9(2)10(15)8-16/h9-10,16H,3-8H2,1-2H3. The molecule has 2 atom stereocenters. The quantitative estimate of drug-likeness (QED) is 0.856. The minimum Gasteiger partial charge on any atom is -0.395 e. The molecule has 2 rings (SSSR count). The molecular weight excluding hydrogens is 218 g/mol. The first-order valence-electron chi connectivity index (χ1n) is 6.41. The fraction of sp³-hybridized carbons (Fsp3) is 0.833. The Labute approximate surface area is 102 Å². The van der Waals surface area contributed by atoms with Crippen LogP contribution in [0.25, 0.3) is 0 Å². The van der Waals surface area contributed by atoms with E-state index >= 15 is 0 Å². The molecule has 0 saturated carbocycles. The summed E-state index contributed by atoms with van der Waals surface area (Å²) in [6.07, 6.45) is 3.15. The number of aliphatic hydroxyl groups is 1. The van der Waals surface area contributed by atoms with Crippen LogP contribution in [-0.2, 0) is 13.0 Å². The van der Waals surface area contributed by atoms with Crippen molar-refractivity contribution in [3.05, 3.63) is 11.7 Å². The zero-order valence-electron chi connectivity index (χ0n) is 10.6. The largest absolute Gasteiger partial charge is 0.395 e. The molecule has 96 valence electrons. The van der Waals surface area contributed by atoms with Crippen LogP contribution in [-0.4, -0.2) is 39.3 Å². The molecule has 0 spiro atoms. The summed E-state index contributed by atoms with van der Waals surface area (Å²) >= 11 is 0. The van der Waals surface area contributed by atoms with Crippen LogP contribution < -0.4 is 0 Å². The molecule has 17 heavy (non-hydrogen) atoms. The molecule has 1 fully saturated rings. The maximum atomic E-state index is 9.45. The molecule has 0 aromatic carbocycles. The summed E-state index contributed by atoms with van der Waals surface area (Å²) in [5.74, 6) is 1.95. The summed E-state index contributed by atoms with van der Waals surface area (Å²) in [6, 6.07) is 0.223. The van der Waals surface area contributed by atoms with E-state index in [0.717, 1.165) is 18.8 Å². The van der Waals surface area contributed by atoms with E-state index in [1.807, 2.05) is 6.92 Å². The molecule has 1 aliphatic heterocycles. The van der Waals surface area contributed by atoms with Crippen LogP contribution >= 0.6 is 0 Å². The van der Waals surface area contributed by atoms with Crippen molar-refractivity contribution in [1.29, 1.82) is 0 Å². The van der Waals surface area contributed by atoms with E-state index in [2.05, 4.69) is 22.0 Å². The second-order valence-electron chi connectivity index (χ2n) is 4.80. The van der Waals surface area contributed by atoms with E-state index in [1.54, 1.807) is 0 Å². The lowest BCUT2D eigenvalue weighted by molar-refractivity contribution is 0.0400. The highest BCUT2D eigenvalue weighted by atomic mass is 16.5. The van der Waals surface area contributed by atoms with Crippen LogP contribution in [0.2, 0.25) is 0 Å². The Morgan fingerprint density at radius 1 is 1.53 bits per heavy atom. The summed E-state index contributed by atoms with van der Waals surface area (Å²) in [6.45, 7) is 6.06. The van der Waals surface area contributed by atoms with Gasteiger partial charge in [0, 0.05) is 12.5 Å². The van der Waals surface area contributed by atoms with Gasteiger partial charge in [0.1, 0.15) is 0 Å². The van der Waals surface area contributed by atoms with E-state index < -0.39 is 0 Å². The van der Waals surface area contributed by atoms with Crippen molar-refractivity contribution in [2.75, 3.05) is 13.2 Å². The second kappa shape index (κ2) is 5.60. The van der Waals surface area contributed by atoms with Gasteiger partial charge in [-0.2, -0.15) is 4.98 Å². The number of hydrogen-bond acceptors (Lipinski definition) is 5. The maximum absolute atomic E-state index is 9.45. The van der Waals surface area contributed by atoms with Gasteiger partial charge < -0.3 is 9.63 Å². The lowest BCUT2D eigenvalue weighted by Gasteiger charge is -2.38. The molecule has 0 bridgehead atoms. The first-order chi connectivity index (χ1) is 8.24. The zero-order valence-corrected chi connectivity index (χ0v) is 10.6. The van der Waals surface area contributed by atoms with Gasteiger partial charge in [0.2, 0.25) is 5.89 Å². The fourth-order valence-corrected chi connectivity index (χ4v) is 2.50. The number of rotatable bonds is 4. The number of aromatic nitrogens is 2. The minimum absolute atomic E-state index is 0.204. The van der Waals surface area contributed by atoms with Crippen LogP contribution in [0.4, 0.5) is 0 Å². The summed E-state index contributed by atoms with van der Waals surface area (Å²) in [5, 5.41) is 13.3. The lowest BCUT2D eigenvalue weighted by atomic mass is 9.91. The molecule has 0 radical (unpaired) electrons. The highest BCUT2D eigenvalue weighted by Crippen LogP contribution is 2.24. The number of likely N-dealkylation sites (tertiary alicyclic amines) is 1. The van der Waals surface area contributed by atoms with Crippen LogP contribution in [0.3, 0.4) is 0 Å². The molecule has 1 aromatic heterocycles. The van der Waals surface area contributed by atoms with Crippen LogP contribution in [0.5, 0.6) is 0 Å². The van der Waals surface area contributed by atoms with Crippen molar-refractivity contribution >= 4 is 0 Å². The number of hydrogen-bond donors (Lipinski definition) is 1. The molecule has 5 nitrogen and oxygen atoms in total. The van der Waals surface area contributed by atoms with Crippen molar-refractivity contribution in [2.45, 2.75) is 45.7 Å². The van der Waals surface area contributed by atoms with Gasteiger partial charge in [-0.05, 0) is 25.3 Å². The third-order valence-corrected chi connectivity index (χ3v) is 3.58. The average Bonchev–Trinajstić information content (AvgIpc) is 2.77. The normalized spacial score (nSPS) is 26.3. The molecule has 1 N–H and O–H groups in total. The Morgan fingerprint density at radius 3 is 3.00 bits per heavy atom. The zero-order chi connectivity index (χ0) is 12.3. The number of piperidine rings is 1. The van der Waals surface area contributed by atoms with Crippen molar-refractivity contribution in [1.82, 2.24) is 15.0 Å². The molecule has 2 unspecified atom stereocenters. The Morgan fingerprint density at radius 2 is 2.35 bits per heavy atom. The molecular formula is C12H21N3O2. The molecule has 0 aliphatic carbocycles. The van der Waals surface area contributed by atoms with E-state index in [0.29, 0.717) is 18.4 Å². The Balaban J connectivity index is 2.00. The average molecular weight is 239 g/mol. The first kappa shape index (κ1) is 12.5. The Hall–Kier alpha value is -0.940. The maximum Gasteiger partial charge on any atom is 0.240 e. The van der Waals surface area contributed by atoms with Gasteiger partial charge in [-0.15, -0.1) is 0 Å². The molecule has 1 aliphatic rings. The van der Waals surface area contributed by atoms with Gasteiger partial charge in [-0.25, -0.2) is 0 Å². The molecule has 1 aromatic rings. The topological polar surface area (TPSA) is 62.4 Å². The second-order valence-corrected chi connectivity index (χ2v) is 4.80. The summed E-state index contributed by atoms with van der Waals surface area (Å²) in [5.41, 5.74) is 0.